The molecule has 6 N–H and O–H groups in total. The van der Waals surface area contributed by atoms with Crippen LogP contribution in [0.15, 0.2) is 17.1 Å². The Morgan fingerprint density at radius 3 is 1.88 bits per heavy atom. The van der Waals surface area contributed by atoms with Crippen molar-refractivity contribution in [3.63, 3.8) is 0 Å². The van der Waals surface area contributed by atoms with Gasteiger partial charge in [0.2, 0.25) is 0 Å². The third-order valence-electron chi connectivity index (χ3n) is 9.72. The van der Waals surface area contributed by atoms with Gasteiger partial charge in [-0.05, 0) is 24.7 Å². The van der Waals surface area contributed by atoms with Crippen LogP contribution in [0.5, 0.6) is 0 Å². The van der Waals surface area contributed by atoms with Crippen molar-refractivity contribution in [3.8, 4) is 0 Å². The summed E-state index contributed by atoms with van der Waals surface area (Å²) in [5, 5.41) is 20.8. The number of aliphatic hydroxyl groups excluding tert-OH is 2. The number of nitrogen functional groups attached to an aromatic ring is 1. The Bertz CT molecular complexity index is 1390. The molecule has 16 nitrogen and oxygen atoms in total. The Morgan fingerprint density at radius 1 is 0.825 bits per heavy atom. The Hall–Kier alpha value is -1.36. The molecule has 1 saturated heterocycles. The van der Waals surface area contributed by atoms with Crippen molar-refractivity contribution in [1.29, 1.82) is 0 Å². The zero-order valence-corrected chi connectivity index (χ0v) is 36.8. The summed E-state index contributed by atoms with van der Waals surface area (Å²) in [6.07, 6.45) is 18.8. The summed E-state index contributed by atoms with van der Waals surface area (Å²) in [6.45, 7) is 2.96. The first-order valence-electron chi connectivity index (χ1n) is 21.1. The standard InChI is InChI=1S/C38H71N3O13P2S/c1-3-5-7-9-11-13-14-15-16-17-18-20-22-24-34(42)52-31(30-57-27-23-21-19-12-10-8-6-4-2)28-50-55(46,47)54-56(48,49)51-29-32-35(43)36(44)37(53-32)41-26-25-33(39)40-38(41)45/h25-26,31-32,35-37,43-44H,3-24,27-30H2,1-2H3,(H,46,47)(H,48,49)(H2,39,40,45). The molecule has 7 atom stereocenters. The maximum absolute atomic E-state index is 12.8. The van der Waals surface area contributed by atoms with E-state index in [0.717, 1.165) is 48.8 Å². The fourth-order valence-corrected chi connectivity index (χ4v) is 9.55. The van der Waals surface area contributed by atoms with Gasteiger partial charge in [-0.25, -0.2) is 13.9 Å². The molecule has 332 valence electrons. The molecule has 0 aliphatic carbocycles. The van der Waals surface area contributed by atoms with Crippen LogP contribution in [-0.4, -0.2) is 84.7 Å². The van der Waals surface area contributed by atoms with Crippen molar-refractivity contribution < 1.29 is 56.8 Å². The number of phosphoric ester groups is 2. The fourth-order valence-electron chi connectivity index (χ4n) is 6.44. The molecule has 1 aromatic heterocycles. The zero-order valence-electron chi connectivity index (χ0n) is 34.2. The highest BCUT2D eigenvalue weighted by molar-refractivity contribution is 7.99. The molecule has 1 aromatic rings. The number of aliphatic hydroxyl groups is 2. The summed E-state index contributed by atoms with van der Waals surface area (Å²) < 4.78 is 51.6. The molecule has 0 amide bonds. The van der Waals surface area contributed by atoms with Gasteiger partial charge in [0.1, 0.15) is 30.2 Å². The first-order valence-corrected chi connectivity index (χ1v) is 25.2. The van der Waals surface area contributed by atoms with E-state index in [-0.39, 0.29) is 18.0 Å². The van der Waals surface area contributed by atoms with Crippen molar-refractivity contribution in [2.75, 3.05) is 30.5 Å². The molecule has 0 spiro atoms. The van der Waals surface area contributed by atoms with E-state index in [1.54, 1.807) is 0 Å². The number of nitrogens with zero attached hydrogens (tertiary/aromatic N) is 2. The minimum Gasteiger partial charge on any atom is -0.459 e. The van der Waals surface area contributed by atoms with Gasteiger partial charge < -0.3 is 35.2 Å². The molecular formula is C38H71N3O13P2S. The number of esters is 1. The van der Waals surface area contributed by atoms with E-state index < -0.39 is 71.2 Å². The van der Waals surface area contributed by atoms with E-state index >= 15 is 0 Å². The van der Waals surface area contributed by atoms with Crippen molar-refractivity contribution in [2.24, 2.45) is 0 Å². The molecule has 2 heterocycles. The molecule has 0 bridgehead atoms. The molecule has 57 heavy (non-hydrogen) atoms. The van der Waals surface area contributed by atoms with Crippen molar-refractivity contribution in [3.05, 3.63) is 22.7 Å². The maximum atomic E-state index is 12.8. The van der Waals surface area contributed by atoms with Crippen LogP contribution in [0.4, 0.5) is 5.82 Å². The Labute approximate surface area is 343 Å². The van der Waals surface area contributed by atoms with Crippen molar-refractivity contribution in [2.45, 2.75) is 186 Å². The average molecular weight is 872 g/mol. The molecule has 7 unspecified atom stereocenters. The number of hydrogen-bond donors (Lipinski definition) is 5. The van der Waals surface area contributed by atoms with E-state index in [1.165, 1.54) is 114 Å². The Balaban J connectivity index is 1.81. The molecule has 0 radical (unpaired) electrons. The third kappa shape index (κ3) is 23.3. The van der Waals surface area contributed by atoms with Crippen LogP contribution in [0, 0.1) is 0 Å². The predicted molar refractivity (Wildman–Crippen MR) is 222 cm³/mol. The average Bonchev–Trinajstić information content (AvgIpc) is 3.43. The number of carbonyl (C=O) groups is 1. The van der Waals surface area contributed by atoms with Crippen LogP contribution in [0.1, 0.15) is 161 Å². The van der Waals surface area contributed by atoms with Gasteiger partial charge in [-0.1, -0.05) is 136 Å². The summed E-state index contributed by atoms with van der Waals surface area (Å²) in [4.78, 5) is 49.0. The molecule has 2 rings (SSSR count). The van der Waals surface area contributed by atoms with Crippen LogP contribution < -0.4 is 11.4 Å². The number of anilines is 1. The molecule has 19 heteroatoms. The zero-order chi connectivity index (χ0) is 41.9. The number of hydrogen-bond acceptors (Lipinski definition) is 14. The van der Waals surface area contributed by atoms with E-state index in [0.29, 0.717) is 6.42 Å². The molecule has 1 aliphatic rings. The minimum absolute atomic E-state index is 0.0785. The highest BCUT2D eigenvalue weighted by atomic mass is 32.2. The van der Waals surface area contributed by atoms with Gasteiger partial charge in [-0.2, -0.15) is 21.1 Å². The smallest absolute Gasteiger partial charge is 0.459 e. The lowest BCUT2D eigenvalue weighted by atomic mass is 10.0. The highest BCUT2D eigenvalue weighted by Crippen LogP contribution is 2.60. The van der Waals surface area contributed by atoms with Crippen LogP contribution in [0.25, 0.3) is 0 Å². The Kier molecular flexibility index (Phi) is 27.1. The number of thioether (sulfide) groups is 1. The second kappa shape index (κ2) is 29.8. The number of ether oxygens (including phenoxy) is 2. The van der Waals surface area contributed by atoms with Gasteiger partial charge in [0.05, 0.1) is 13.2 Å². The minimum atomic E-state index is -5.31. The van der Waals surface area contributed by atoms with Gasteiger partial charge in [-0.15, -0.1) is 0 Å². The van der Waals surface area contributed by atoms with Crippen LogP contribution in [-0.2, 0) is 36.8 Å². The fraction of sp³-hybridized carbons (Fsp3) is 0.868. The maximum Gasteiger partial charge on any atom is 0.481 e. The summed E-state index contributed by atoms with van der Waals surface area (Å²) in [5.41, 5.74) is 4.61. The first-order chi connectivity index (χ1) is 27.3. The van der Waals surface area contributed by atoms with Gasteiger partial charge >= 0.3 is 27.3 Å². The Morgan fingerprint density at radius 2 is 1.33 bits per heavy atom. The lowest BCUT2D eigenvalue weighted by Crippen LogP contribution is -2.36. The third-order valence-corrected chi connectivity index (χ3v) is 13.5. The number of rotatable bonds is 35. The van der Waals surface area contributed by atoms with E-state index in [9.17, 15) is 38.7 Å². The molecule has 1 aliphatic heterocycles. The summed E-state index contributed by atoms with van der Waals surface area (Å²) in [6, 6.07) is 1.27. The lowest BCUT2D eigenvalue weighted by Gasteiger charge is -2.21. The van der Waals surface area contributed by atoms with Crippen LogP contribution in [0.2, 0.25) is 0 Å². The number of aromatic nitrogens is 2. The summed E-state index contributed by atoms with van der Waals surface area (Å²) in [7, 11) is -10.6. The monoisotopic (exact) mass is 871 g/mol. The number of carbonyl (C=O) groups excluding carboxylic acids is 1. The highest BCUT2D eigenvalue weighted by Gasteiger charge is 2.46. The van der Waals surface area contributed by atoms with Gasteiger partial charge in [0.25, 0.3) is 0 Å². The van der Waals surface area contributed by atoms with Gasteiger partial charge in [-0.3, -0.25) is 18.4 Å². The largest absolute Gasteiger partial charge is 0.481 e. The second-order valence-corrected chi connectivity index (χ2v) is 19.0. The quantitative estimate of drug-likeness (QED) is 0.0247. The van der Waals surface area contributed by atoms with Gasteiger partial charge in [0, 0.05) is 18.4 Å². The summed E-state index contributed by atoms with van der Waals surface area (Å²) >= 11 is 1.52. The SMILES string of the molecule is CCCCCCCCCCCCCCCC(=O)OC(COP(=O)(O)OP(=O)(O)OCC1OC(n2ccc(N)nc2=O)C(O)C1O)CSCCCCCCCCCC. The molecule has 0 aromatic carbocycles. The van der Waals surface area contributed by atoms with Crippen molar-refractivity contribution in [1.82, 2.24) is 9.55 Å². The number of unbranched alkanes of at least 4 members (excludes halogenated alkanes) is 19. The van der Waals surface area contributed by atoms with E-state index in [4.69, 9.17) is 24.3 Å². The van der Waals surface area contributed by atoms with Crippen molar-refractivity contribution >= 4 is 39.2 Å². The molecular weight excluding hydrogens is 800 g/mol. The van der Waals surface area contributed by atoms with E-state index in [2.05, 4.69) is 23.1 Å². The van der Waals surface area contributed by atoms with Crippen LogP contribution >= 0.6 is 27.4 Å². The summed E-state index contributed by atoms with van der Waals surface area (Å²) in [5.74, 6) is 0.534. The normalized spacial score (nSPS) is 20.9. The number of phosphoric acid groups is 2. The van der Waals surface area contributed by atoms with E-state index in [1.807, 2.05) is 0 Å². The van der Waals surface area contributed by atoms with Crippen LogP contribution in [0.3, 0.4) is 0 Å². The second-order valence-electron chi connectivity index (χ2n) is 14.9. The number of nitrogens with two attached hydrogens (primary N) is 1. The first kappa shape index (κ1) is 51.8. The van der Waals surface area contributed by atoms with Gasteiger partial charge in [0.15, 0.2) is 6.23 Å². The predicted octanol–water partition coefficient (Wildman–Crippen LogP) is 7.96. The topological polar surface area (TPSA) is 239 Å². The molecule has 1 fully saturated rings. The lowest BCUT2D eigenvalue weighted by molar-refractivity contribution is -0.149. The molecule has 0 saturated carbocycles.